The molecule has 11 heteroatoms. The average molecular weight is 501 g/mol. The Labute approximate surface area is 204 Å². The third-order valence-corrected chi connectivity index (χ3v) is 8.78. The van der Waals surface area contributed by atoms with Crippen LogP contribution < -0.4 is 5.32 Å². The number of rotatable bonds is 10. The summed E-state index contributed by atoms with van der Waals surface area (Å²) in [6.07, 6.45) is 4.91. The van der Waals surface area contributed by atoms with Gasteiger partial charge in [-0.2, -0.15) is 5.26 Å². The predicted octanol–water partition coefficient (Wildman–Crippen LogP) is 2.03. The predicted molar refractivity (Wildman–Crippen MR) is 126 cm³/mol. The molecule has 186 valence electrons. The normalized spacial score (nSPS) is 22.2. The molecule has 4 amide bonds. The molecule has 2 atom stereocenters. The van der Waals surface area contributed by atoms with Gasteiger partial charge in [-0.05, 0) is 32.3 Å². The van der Waals surface area contributed by atoms with E-state index in [1.165, 1.54) is 0 Å². The zero-order valence-corrected chi connectivity index (χ0v) is 20.4. The van der Waals surface area contributed by atoms with Gasteiger partial charge in [-0.15, -0.1) is 0 Å². The molecule has 3 rings (SSSR count). The molecule has 0 bridgehead atoms. The molecule has 35 heavy (non-hydrogen) atoms. The van der Waals surface area contributed by atoms with E-state index in [0.717, 1.165) is 4.90 Å². The third-order valence-electron chi connectivity index (χ3n) is 6.33. The Kier molecular flexibility index (Phi) is 7.47. The van der Waals surface area contributed by atoms with E-state index in [2.05, 4.69) is 5.32 Å². The molecule has 0 aromatic heterocycles. The van der Waals surface area contributed by atoms with Crippen molar-refractivity contribution in [2.45, 2.75) is 49.4 Å². The molecule has 2 unspecified atom stereocenters. The van der Waals surface area contributed by atoms with Gasteiger partial charge in [-0.3, -0.25) is 19.7 Å². The van der Waals surface area contributed by atoms with Crippen molar-refractivity contribution in [2.75, 3.05) is 12.3 Å². The lowest BCUT2D eigenvalue weighted by Gasteiger charge is -2.36. The second-order valence-corrected chi connectivity index (χ2v) is 11.5. The van der Waals surface area contributed by atoms with E-state index < -0.39 is 43.9 Å². The fraction of sp³-hybridized carbons (Fsp3) is 0.417. The number of nitriles is 1. The van der Waals surface area contributed by atoms with Gasteiger partial charge in [0.2, 0.25) is 6.41 Å². The molecule has 0 radical (unpaired) electrons. The highest BCUT2D eigenvalue weighted by Crippen LogP contribution is 2.42. The highest BCUT2D eigenvalue weighted by Gasteiger charge is 2.47. The minimum Gasteiger partial charge on any atom is -0.324 e. The van der Waals surface area contributed by atoms with Crippen LogP contribution in [0.25, 0.3) is 0 Å². The van der Waals surface area contributed by atoms with Crippen LogP contribution in [0.4, 0.5) is 4.79 Å². The highest BCUT2D eigenvalue weighted by atomic mass is 32.2. The summed E-state index contributed by atoms with van der Waals surface area (Å²) in [5.41, 5.74) is 0.0254. The van der Waals surface area contributed by atoms with E-state index in [4.69, 9.17) is 5.26 Å². The zero-order chi connectivity index (χ0) is 25.9. The maximum Gasteiger partial charge on any atom is 0.325 e. The topological polar surface area (TPSA) is 148 Å². The number of hydrogen-bond acceptors (Lipinski definition) is 7. The lowest BCUT2D eigenvalue weighted by atomic mass is 9.86. The number of hydrogen-bond donors (Lipinski definition) is 2. The number of imide groups is 1. The molecule has 1 heterocycles. The van der Waals surface area contributed by atoms with E-state index in [1.54, 1.807) is 62.4 Å². The Bertz CT molecular complexity index is 1200. The van der Waals surface area contributed by atoms with Crippen molar-refractivity contribution in [3.8, 4) is 6.07 Å². The minimum atomic E-state index is -4.10. The monoisotopic (exact) mass is 500 g/mol. The Morgan fingerprint density at radius 3 is 2.54 bits per heavy atom. The Morgan fingerprint density at radius 1 is 1.29 bits per heavy atom. The van der Waals surface area contributed by atoms with Gasteiger partial charge in [0.05, 0.1) is 24.3 Å². The van der Waals surface area contributed by atoms with Crippen molar-refractivity contribution in [2.24, 2.45) is 0 Å². The molecule has 2 aliphatic rings. The molecule has 1 aliphatic carbocycles. The van der Waals surface area contributed by atoms with Crippen molar-refractivity contribution in [3.63, 3.8) is 0 Å². The molecule has 1 aliphatic heterocycles. The molecule has 0 spiro atoms. The van der Waals surface area contributed by atoms with Crippen molar-refractivity contribution < 1.29 is 28.0 Å². The van der Waals surface area contributed by atoms with E-state index in [1.807, 2.05) is 6.07 Å². The van der Waals surface area contributed by atoms with Gasteiger partial charge < -0.3 is 5.32 Å². The quantitative estimate of drug-likeness (QED) is 0.216. The first-order valence-corrected chi connectivity index (χ1v) is 12.7. The lowest BCUT2D eigenvalue weighted by molar-refractivity contribution is -0.159. The number of carbonyl (C=O) groups excluding carboxylic acids is 3. The number of urea groups is 1. The highest BCUT2D eigenvalue weighted by molar-refractivity contribution is 7.92. The molecule has 1 aromatic carbocycles. The summed E-state index contributed by atoms with van der Waals surface area (Å²) >= 11 is 0. The second kappa shape index (κ2) is 10.0. The van der Waals surface area contributed by atoms with Gasteiger partial charge in [0.25, 0.3) is 5.91 Å². The van der Waals surface area contributed by atoms with Gasteiger partial charge in [-0.25, -0.2) is 18.3 Å². The first-order chi connectivity index (χ1) is 16.5. The van der Waals surface area contributed by atoms with Gasteiger partial charge in [0.1, 0.15) is 10.3 Å². The van der Waals surface area contributed by atoms with Crippen LogP contribution in [-0.2, 0) is 24.2 Å². The Hall–Kier alpha value is -3.49. The maximum atomic E-state index is 13.9. The summed E-state index contributed by atoms with van der Waals surface area (Å²) in [4.78, 5) is 37.0. The van der Waals surface area contributed by atoms with Crippen LogP contribution in [0.3, 0.4) is 0 Å². The molecule has 1 saturated heterocycles. The SMILES string of the molecule is CC1(C)NC(=O)N(CCC(CS(=O)(=O)C2(c3ccccc3)C=CC=C(CC#N)C2)N(O)C=O)C1=O. The van der Waals surface area contributed by atoms with E-state index >= 15 is 0 Å². The van der Waals surface area contributed by atoms with Crippen molar-refractivity contribution >= 4 is 28.2 Å². The molecular weight excluding hydrogens is 472 g/mol. The van der Waals surface area contributed by atoms with Crippen LogP contribution in [0, 0.1) is 11.3 Å². The van der Waals surface area contributed by atoms with Crippen LogP contribution in [0.15, 0.2) is 54.1 Å². The van der Waals surface area contributed by atoms with Gasteiger partial charge >= 0.3 is 6.03 Å². The first kappa shape index (κ1) is 26.1. The number of benzene rings is 1. The van der Waals surface area contributed by atoms with Crippen LogP contribution in [0.5, 0.6) is 0 Å². The lowest BCUT2D eigenvalue weighted by Crippen LogP contribution is -2.46. The van der Waals surface area contributed by atoms with Crippen LogP contribution in [0.2, 0.25) is 0 Å². The minimum absolute atomic E-state index is 0.0455. The largest absolute Gasteiger partial charge is 0.325 e. The molecule has 10 nitrogen and oxygen atoms in total. The second-order valence-electron chi connectivity index (χ2n) is 9.17. The molecular formula is C24H28N4O6S. The van der Waals surface area contributed by atoms with Gasteiger partial charge in [0.15, 0.2) is 9.84 Å². The van der Waals surface area contributed by atoms with Crippen LogP contribution in [-0.4, -0.2) is 65.8 Å². The number of allylic oxidation sites excluding steroid dienone is 3. The van der Waals surface area contributed by atoms with Crippen molar-refractivity contribution in [3.05, 3.63) is 59.7 Å². The van der Waals surface area contributed by atoms with Gasteiger partial charge in [-0.1, -0.05) is 54.1 Å². The van der Waals surface area contributed by atoms with Crippen LogP contribution in [0.1, 0.15) is 38.7 Å². The number of nitrogens with zero attached hydrogens (tertiary/aromatic N) is 3. The smallest absolute Gasteiger partial charge is 0.324 e. The Morgan fingerprint density at radius 2 is 1.97 bits per heavy atom. The molecule has 2 N–H and O–H groups in total. The number of amides is 4. The average Bonchev–Trinajstić information content (AvgIpc) is 3.02. The van der Waals surface area contributed by atoms with E-state index in [0.29, 0.717) is 11.1 Å². The number of nitrogens with one attached hydrogen (secondary N) is 1. The van der Waals surface area contributed by atoms with Crippen molar-refractivity contribution in [1.29, 1.82) is 5.26 Å². The number of carbonyl (C=O) groups is 3. The summed E-state index contributed by atoms with van der Waals surface area (Å²) in [5, 5.41) is 22.2. The molecule has 1 aromatic rings. The summed E-state index contributed by atoms with van der Waals surface area (Å²) in [6, 6.07) is 8.74. The summed E-state index contributed by atoms with van der Waals surface area (Å²) in [6.45, 7) is 2.90. The fourth-order valence-corrected chi connectivity index (χ4v) is 6.72. The number of sulfone groups is 1. The van der Waals surface area contributed by atoms with Crippen molar-refractivity contribution in [1.82, 2.24) is 15.3 Å². The van der Waals surface area contributed by atoms with E-state index in [-0.39, 0.29) is 37.3 Å². The fourth-order valence-electron chi connectivity index (χ4n) is 4.41. The standard InChI is InChI=1S/C24H28N4O6S/c1-23(2)21(30)27(22(31)26-23)14-11-20(28(32)17-29)16-35(33,34)24(19-8-4-3-5-9-19)12-6-7-18(15-24)10-13-25/h3-9,12,17,20,32H,10-11,14-16H2,1-2H3,(H,26,31). The summed E-state index contributed by atoms with van der Waals surface area (Å²) in [7, 11) is -4.10. The van der Waals surface area contributed by atoms with Crippen LogP contribution >= 0.6 is 0 Å². The third kappa shape index (κ3) is 5.13. The number of hydroxylamine groups is 2. The van der Waals surface area contributed by atoms with E-state index in [9.17, 15) is 28.0 Å². The Balaban J connectivity index is 1.92. The summed E-state index contributed by atoms with van der Waals surface area (Å²) in [5.74, 6) is -1.11. The molecule has 1 fully saturated rings. The van der Waals surface area contributed by atoms with Gasteiger partial charge in [0, 0.05) is 6.54 Å². The molecule has 0 saturated carbocycles. The first-order valence-electron chi connectivity index (χ1n) is 11.1. The maximum absolute atomic E-state index is 13.9. The zero-order valence-electron chi connectivity index (χ0n) is 19.5. The summed E-state index contributed by atoms with van der Waals surface area (Å²) < 4.78 is 26.4.